The van der Waals surface area contributed by atoms with Gasteiger partial charge in [0.25, 0.3) is 0 Å². The molecular weight excluding hydrogens is 262 g/mol. The second kappa shape index (κ2) is 5.00. The Labute approximate surface area is 115 Å². The lowest BCUT2D eigenvalue weighted by atomic mass is 10.3. The molecule has 0 aromatic carbocycles. The highest BCUT2D eigenvalue weighted by atomic mass is 32.1. The van der Waals surface area contributed by atoms with E-state index in [0.29, 0.717) is 10.8 Å². The maximum Gasteiger partial charge on any atom is 0.247 e. The number of anilines is 2. The molecule has 0 saturated carbocycles. The van der Waals surface area contributed by atoms with Crippen LogP contribution in [0.3, 0.4) is 0 Å². The second-order valence-electron chi connectivity index (χ2n) is 4.45. The zero-order valence-electron chi connectivity index (χ0n) is 11.4. The Bertz CT molecular complexity index is 609. The molecule has 102 valence electrons. The van der Waals surface area contributed by atoms with E-state index in [4.69, 9.17) is 5.73 Å². The fourth-order valence-corrected chi connectivity index (χ4v) is 2.52. The molecule has 3 N–H and O–H groups in total. The van der Waals surface area contributed by atoms with Crippen molar-refractivity contribution in [2.75, 3.05) is 11.1 Å². The predicted molar refractivity (Wildman–Crippen MR) is 76.3 cm³/mol. The van der Waals surface area contributed by atoms with Crippen LogP contribution in [0, 0.1) is 27.7 Å². The summed E-state index contributed by atoms with van der Waals surface area (Å²) in [6, 6.07) is 0. The first kappa shape index (κ1) is 13.5. The van der Waals surface area contributed by atoms with Crippen molar-refractivity contribution in [2.24, 2.45) is 0 Å². The Kier molecular flexibility index (Phi) is 3.57. The number of nitrogens with one attached hydrogen (secondary N) is 1. The number of nitrogens with zero attached hydrogens (tertiary/aromatic N) is 3. The van der Waals surface area contributed by atoms with E-state index in [1.807, 2.05) is 27.7 Å². The number of aromatic nitrogens is 3. The lowest BCUT2D eigenvalue weighted by Gasteiger charge is -2.04. The molecule has 0 atom stereocenters. The van der Waals surface area contributed by atoms with Crippen LogP contribution in [0.1, 0.15) is 22.0 Å². The van der Waals surface area contributed by atoms with Crippen molar-refractivity contribution < 1.29 is 4.79 Å². The van der Waals surface area contributed by atoms with Gasteiger partial charge in [-0.3, -0.25) is 9.48 Å². The van der Waals surface area contributed by atoms with Crippen molar-refractivity contribution in [1.82, 2.24) is 14.8 Å². The van der Waals surface area contributed by atoms with Gasteiger partial charge in [0.15, 0.2) is 5.13 Å². The van der Waals surface area contributed by atoms with Crippen molar-refractivity contribution in [3.8, 4) is 0 Å². The summed E-state index contributed by atoms with van der Waals surface area (Å²) in [4.78, 5) is 17.3. The van der Waals surface area contributed by atoms with E-state index in [-0.39, 0.29) is 12.5 Å². The molecule has 0 spiro atoms. The van der Waals surface area contributed by atoms with Gasteiger partial charge in [-0.1, -0.05) is 0 Å². The number of amides is 1. The first-order chi connectivity index (χ1) is 8.88. The number of hydrogen-bond donors (Lipinski definition) is 2. The summed E-state index contributed by atoms with van der Waals surface area (Å²) in [5, 5.41) is 7.62. The average Bonchev–Trinajstić information content (AvgIpc) is 2.75. The highest BCUT2D eigenvalue weighted by Gasteiger charge is 2.13. The minimum atomic E-state index is -0.153. The Morgan fingerprint density at radius 2 is 2.00 bits per heavy atom. The number of thiazole rings is 1. The summed E-state index contributed by atoms with van der Waals surface area (Å²) in [5.74, 6) is -0.153. The van der Waals surface area contributed by atoms with E-state index < -0.39 is 0 Å². The lowest BCUT2D eigenvalue weighted by molar-refractivity contribution is -0.116. The Morgan fingerprint density at radius 3 is 2.47 bits per heavy atom. The molecule has 2 aromatic heterocycles. The number of nitrogen functional groups attached to an aromatic ring is 1. The molecule has 1 amide bonds. The molecule has 0 fully saturated rings. The molecule has 0 bridgehead atoms. The molecule has 0 aliphatic carbocycles. The van der Waals surface area contributed by atoms with Gasteiger partial charge in [-0.15, -0.1) is 11.3 Å². The zero-order valence-corrected chi connectivity index (χ0v) is 12.3. The molecule has 6 nitrogen and oxygen atoms in total. The van der Waals surface area contributed by atoms with Gasteiger partial charge in [-0.05, 0) is 27.7 Å². The largest absolute Gasteiger partial charge is 0.396 e. The lowest BCUT2D eigenvalue weighted by Crippen LogP contribution is -2.20. The van der Waals surface area contributed by atoms with Crippen molar-refractivity contribution >= 4 is 28.1 Å². The Morgan fingerprint density at radius 1 is 1.32 bits per heavy atom. The van der Waals surface area contributed by atoms with E-state index in [0.717, 1.165) is 22.0 Å². The van der Waals surface area contributed by atoms with E-state index >= 15 is 0 Å². The van der Waals surface area contributed by atoms with Crippen LogP contribution in [0.5, 0.6) is 0 Å². The maximum absolute atomic E-state index is 11.9. The summed E-state index contributed by atoms with van der Waals surface area (Å²) in [6.45, 7) is 7.71. The number of rotatable bonds is 3. The molecule has 2 rings (SSSR count). The first-order valence-electron chi connectivity index (χ1n) is 5.92. The number of carbonyl (C=O) groups is 1. The van der Waals surface area contributed by atoms with E-state index in [2.05, 4.69) is 15.4 Å². The van der Waals surface area contributed by atoms with Crippen LogP contribution >= 0.6 is 11.3 Å². The van der Waals surface area contributed by atoms with Gasteiger partial charge in [-0.25, -0.2) is 4.98 Å². The zero-order chi connectivity index (χ0) is 14.2. The van der Waals surface area contributed by atoms with Crippen LogP contribution in [0.25, 0.3) is 0 Å². The monoisotopic (exact) mass is 279 g/mol. The average molecular weight is 279 g/mol. The molecule has 0 unspecified atom stereocenters. The van der Waals surface area contributed by atoms with Crippen molar-refractivity contribution in [1.29, 1.82) is 0 Å². The third-order valence-electron chi connectivity index (χ3n) is 3.01. The van der Waals surface area contributed by atoms with Crippen LogP contribution < -0.4 is 11.1 Å². The fourth-order valence-electron chi connectivity index (χ4n) is 1.69. The number of carbonyl (C=O) groups excluding carboxylic acids is 1. The van der Waals surface area contributed by atoms with Gasteiger partial charge in [-0.2, -0.15) is 5.10 Å². The second-order valence-corrected chi connectivity index (χ2v) is 5.65. The summed E-state index contributed by atoms with van der Waals surface area (Å²) in [5.41, 5.74) is 8.95. The smallest absolute Gasteiger partial charge is 0.247 e. The van der Waals surface area contributed by atoms with Gasteiger partial charge >= 0.3 is 0 Å². The third-order valence-corrected chi connectivity index (χ3v) is 3.99. The molecule has 7 heteroatoms. The minimum absolute atomic E-state index is 0.140. The molecule has 0 aliphatic rings. The molecule has 0 radical (unpaired) electrons. The van der Waals surface area contributed by atoms with Crippen LogP contribution in [-0.4, -0.2) is 20.7 Å². The summed E-state index contributed by atoms with van der Waals surface area (Å²) in [7, 11) is 0. The van der Waals surface area contributed by atoms with Gasteiger partial charge < -0.3 is 11.1 Å². The van der Waals surface area contributed by atoms with E-state index in [9.17, 15) is 4.79 Å². The topological polar surface area (TPSA) is 85.8 Å². The van der Waals surface area contributed by atoms with Crippen molar-refractivity contribution in [2.45, 2.75) is 34.2 Å². The predicted octanol–water partition coefficient (Wildman–Crippen LogP) is 1.79. The molecule has 2 heterocycles. The van der Waals surface area contributed by atoms with Gasteiger partial charge in [0.2, 0.25) is 5.91 Å². The summed E-state index contributed by atoms with van der Waals surface area (Å²) in [6.07, 6.45) is 0. The summed E-state index contributed by atoms with van der Waals surface area (Å²) < 4.78 is 1.60. The normalized spacial score (nSPS) is 10.7. The third kappa shape index (κ3) is 2.76. The molecule has 0 saturated heterocycles. The van der Waals surface area contributed by atoms with Crippen LogP contribution in [0.15, 0.2) is 0 Å². The van der Waals surface area contributed by atoms with Crippen LogP contribution in [0.4, 0.5) is 10.8 Å². The van der Waals surface area contributed by atoms with Gasteiger partial charge in [0.05, 0.1) is 22.8 Å². The first-order valence-corrected chi connectivity index (χ1v) is 6.73. The van der Waals surface area contributed by atoms with Gasteiger partial charge in [0.1, 0.15) is 6.54 Å². The van der Waals surface area contributed by atoms with Crippen LogP contribution in [0.2, 0.25) is 0 Å². The number of aryl methyl sites for hydroxylation is 3. The maximum atomic E-state index is 11.9. The Balaban J connectivity index is 2.07. The molecule has 2 aromatic rings. The number of nitrogens with two attached hydrogens (primary N) is 1. The highest BCUT2D eigenvalue weighted by Crippen LogP contribution is 2.21. The minimum Gasteiger partial charge on any atom is -0.396 e. The molecule has 0 aliphatic heterocycles. The quantitative estimate of drug-likeness (QED) is 0.897. The summed E-state index contributed by atoms with van der Waals surface area (Å²) >= 11 is 1.47. The van der Waals surface area contributed by atoms with Crippen LogP contribution in [-0.2, 0) is 11.3 Å². The van der Waals surface area contributed by atoms with E-state index in [1.54, 1.807) is 4.68 Å². The SMILES string of the molecule is Cc1nc(NC(=O)Cn2nc(C)c(N)c2C)sc1C. The van der Waals surface area contributed by atoms with Crippen molar-refractivity contribution in [3.05, 3.63) is 22.0 Å². The fraction of sp³-hybridized carbons (Fsp3) is 0.417. The highest BCUT2D eigenvalue weighted by molar-refractivity contribution is 7.15. The Hall–Kier alpha value is -1.89. The molecule has 19 heavy (non-hydrogen) atoms. The van der Waals surface area contributed by atoms with Gasteiger partial charge in [0, 0.05) is 4.88 Å². The molecular formula is C12H17N5OS. The standard InChI is InChI=1S/C12H17N5OS/c1-6-9(4)19-12(14-6)15-10(18)5-17-8(3)11(13)7(2)16-17/h5,13H2,1-4H3,(H,14,15,18). The van der Waals surface area contributed by atoms with E-state index in [1.165, 1.54) is 11.3 Å². The number of hydrogen-bond acceptors (Lipinski definition) is 5. The van der Waals surface area contributed by atoms with Crippen molar-refractivity contribution in [3.63, 3.8) is 0 Å².